The van der Waals surface area contributed by atoms with Gasteiger partial charge in [-0.25, -0.2) is 0 Å². The van der Waals surface area contributed by atoms with E-state index in [2.05, 4.69) is 5.32 Å². The molecule has 0 aromatic rings. The summed E-state index contributed by atoms with van der Waals surface area (Å²) < 4.78 is 0. The zero-order valence-electron chi connectivity index (χ0n) is 8.42. The molecule has 1 fully saturated rings. The molecule has 3 heteroatoms. The minimum Gasteiger partial charge on any atom is -0.396 e. The molecule has 0 bridgehead atoms. The van der Waals surface area contributed by atoms with E-state index in [1.165, 1.54) is 0 Å². The number of carbonyl (C=O) groups excluding carboxylic acids is 1. The lowest BCUT2D eigenvalue weighted by Crippen LogP contribution is -2.45. The summed E-state index contributed by atoms with van der Waals surface area (Å²) in [6.07, 6.45) is 2.50. The van der Waals surface area contributed by atoms with Gasteiger partial charge in [0.05, 0.1) is 0 Å². The molecule has 0 aliphatic heterocycles. The lowest BCUT2D eigenvalue weighted by Gasteiger charge is -2.34. The number of aliphatic hydroxyl groups is 1. The first-order chi connectivity index (χ1) is 6.11. The topological polar surface area (TPSA) is 49.3 Å². The van der Waals surface area contributed by atoms with Crippen molar-refractivity contribution in [2.45, 2.75) is 39.2 Å². The predicted molar refractivity (Wildman–Crippen MR) is 51.2 cm³/mol. The van der Waals surface area contributed by atoms with E-state index < -0.39 is 0 Å². The van der Waals surface area contributed by atoms with Crippen molar-refractivity contribution in [2.75, 3.05) is 6.61 Å². The molecule has 0 radical (unpaired) electrons. The molecule has 0 unspecified atom stereocenters. The number of amides is 1. The van der Waals surface area contributed by atoms with Crippen LogP contribution in [0.2, 0.25) is 0 Å². The average molecular weight is 185 g/mol. The SMILES string of the molecule is CC(C)CC(=O)NC1CC(CO)C1. The molecule has 1 amide bonds. The van der Waals surface area contributed by atoms with Crippen molar-refractivity contribution in [3.05, 3.63) is 0 Å². The number of rotatable bonds is 4. The van der Waals surface area contributed by atoms with E-state index in [-0.39, 0.29) is 12.5 Å². The molecule has 1 aliphatic rings. The highest BCUT2D eigenvalue weighted by Gasteiger charge is 2.29. The molecule has 1 saturated carbocycles. The summed E-state index contributed by atoms with van der Waals surface area (Å²) in [6.45, 7) is 4.34. The minimum absolute atomic E-state index is 0.149. The second-order valence-electron chi connectivity index (χ2n) is 4.38. The fraction of sp³-hybridized carbons (Fsp3) is 0.900. The first kappa shape index (κ1) is 10.5. The highest BCUT2D eigenvalue weighted by atomic mass is 16.3. The van der Waals surface area contributed by atoms with Crippen molar-refractivity contribution in [1.82, 2.24) is 5.32 Å². The van der Waals surface area contributed by atoms with Crippen LogP contribution in [0.25, 0.3) is 0 Å². The van der Waals surface area contributed by atoms with Crippen LogP contribution in [-0.4, -0.2) is 23.7 Å². The largest absolute Gasteiger partial charge is 0.396 e. The van der Waals surface area contributed by atoms with Gasteiger partial charge in [-0.3, -0.25) is 4.79 Å². The van der Waals surface area contributed by atoms with Crippen LogP contribution in [0.1, 0.15) is 33.1 Å². The molecule has 0 heterocycles. The zero-order valence-corrected chi connectivity index (χ0v) is 8.42. The van der Waals surface area contributed by atoms with Crippen molar-refractivity contribution in [2.24, 2.45) is 11.8 Å². The van der Waals surface area contributed by atoms with E-state index >= 15 is 0 Å². The number of nitrogens with one attached hydrogen (secondary N) is 1. The van der Waals surface area contributed by atoms with Crippen LogP contribution < -0.4 is 5.32 Å². The maximum atomic E-state index is 11.3. The van der Waals surface area contributed by atoms with E-state index in [0.29, 0.717) is 24.3 Å². The van der Waals surface area contributed by atoms with Crippen LogP contribution in [-0.2, 0) is 4.79 Å². The number of carbonyl (C=O) groups is 1. The molecule has 0 spiro atoms. The molecular weight excluding hydrogens is 166 g/mol. The Morgan fingerprint density at radius 1 is 1.54 bits per heavy atom. The van der Waals surface area contributed by atoms with E-state index in [9.17, 15) is 4.79 Å². The minimum atomic E-state index is 0.149. The van der Waals surface area contributed by atoms with Crippen molar-refractivity contribution in [3.63, 3.8) is 0 Å². The Hall–Kier alpha value is -0.570. The van der Waals surface area contributed by atoms with Gasteiger partial charge in [0.1, 0.15) is 0 Å². The van der Waals surface area contributed by atoms with Gasteiger partial charge in [0.2, 0.25) is 5.91 Å². The predicted octanol–water partition coefficient (Wildman–Crippen LogP) is 0.920. The molecule has 2 N–H and O–H groups in total. The van der Waals surface area contributed by atoms with Crippen LogP contribution in [0.5, 0.6) is 0 Å². The summed E-state index contributed by atoms with van der Waals surface area (Å²) in [5, 5.41) is 11.7. The van der Waals surface area contributed by atoms with Gasteiger partial charge in [-0.1, -0.05) is 13.8 Å². The Bertz CT molecular complexity index is 174. The van der Waals surface area contributed by atoms with Crippen molar-refractivity contribution in [1.29, 1.82) is 0 Å². The fourth-order valence-corrected chi connectivity index (χ4v) is 1.66. The molecular formula is C10H19NO2. The Morgan fingerprint density at radius 2 is 2.15 bits per heavy atom. The van der Waals surface area contributed by atoms with E-state index in [1.54, 1.807) is 0 Å². The van der Waals surface area contributed by atoms with Gasteiger partial charge in [0, 0.05) is 19.1 Å². The Balaban J connectivity index is 2.09. The highest BCUT2D eigenvalue weighted by Crippen LogP contribution is 2.26. The molecule has 13 heavy (non-hydrogen) atoms. The normalized spacial score (nSPS) is 27.1. The van der Waals surface area contributed by atoms with Crippen LogP contribution in [0, 0.1) is 11.8 Å². The molecule has 1 aliphatic carbocycles. The first-order valence-electron chi connectivity index (χ1n) is 5.02. The number of hydrogen-bond donors (Lipinski definition) is 2. The quantitative estimate of drug-likeness (QED) is 0.684. The Labute approximate surface area is 79.5 Å². The molecule has 0 aromatic carbocycles. The van der Waals surface area contributed by atoms with Gasteiger partial charge in [-0.2, -0.15) is 0 Å². The van der Waals surface area contributed by atoms with E-state index in [1.807, 2.05) is 13.8 Å². The molecule has 1 rings (SSSR count). The van der Waals surface area contributed by atoms with E-state index in [4.69, 9.17) is 5.11 Å². The third kappa shape index (κ3) is 3.35. The molecule has 0 atom stereocenters. The summed E-state index contributed by atoms with van der Waals surface area (Å²) in [5.41, 5.74) is 0. The molecule has 0 saturated heterocycles. The van der Waals surface area contributed by atoms with Gasteiger partial charge < -0.3 is 10.4 Å². The van der Waals surface area contributed by atoms with E-state index in [0.717, 1.165) is 12.8 Å². The second-order valence-corrected chi connectivity index (χ2v) is 4.38. The molecule has 3 nitrogen and oxygen atoms in total. The third-order valence-electron chi connectivity index (χ3n) is 2.45. The Morgan fingerprint density at radius 3 is 2.62 bits per heavy atom. The fourth-order valence-electron chi connectivity index (χ4n) is 1.66. The first-order valence-corrected chi connectivity index (χ1v) is 5.02. The maximum Gasteiger partial charge on any atom is 0.220 e. The van der Waals surface area contributed by atoms with Crippen molar-refractivity contribution < 1.29 is 9.90 Å². The van der Waals surface area contributed by atoms with Crippen LogP contribution in [0.4, 0.5) is 0 Å². The lowest BCUT2D eigenvalue weighted by atomic mass is 9.81. The average Bonchev–Trinajstić information content (AvgIpc) is 1.94. The molecule has 76 valence electrons. The van der Waals surface area contributed by atoms with Gasteiger partial charge in [-0.05, 0) is 24.7 Å². The van der Waals surface area contributed by atoms with Crippen molar-refractivity contribution >= 4 is 5.91 Å². The standard InChI is InChI=1S/C10H19NO2/c1-7(2)3-10(13)11-9-4-8(5-9)6-12/h7-9,12H,3-6H2,1-2H3,(H,11,13). The number of hydrogen-bond acceptors (Lipinski definition) is 2. The second kappa shape index (κ2) is 4.61. The van der Waals surface area contributed by atoms with Gasteiger partial charge in [0.25, 0.3) is 0 Å². The zero-order chi connectivity index (χ0) is 9.84. The lowest BCUT2D eigenvalue weighted by molar-refractivity contribution is -0.123. The Kier molecular flexibility index (Phi) is 3.72. The third-order valence-corrected chi connectivity index (χ3v) is 2.45. The summed E-state index contributed by atoms with van der Waals surface area (Å²) >= 11 is 0. The summed E-state index contributed by atoms with van der Waals surface area (Å²) in [7, 11) is 0. The summed E-state index contributed by atoms with van der Waals surface area (Å²) in [4.78, 5) is 11.3. The summed E-state index contributed by atoms with van der Waals surface area (Å²) in [6, 6.07) is 0.323. The van der Waals surface area contributed by atoms with Gasteiger partial charge in [-0.15, -0.1) is 0 Å². The van der Waals surface area contributed by atoms with Crippen LogP contribution in [0.15, 0.2) is 0 Å². The summed E-state index contributed by atoms with van der Waals surface area (Å²) in [5.74, 6) is 0.995. The monoisotopic (exact) mass is 185 g/mol. The smallest absolute Gasteiger partial charge is 0.220 e. The number of aliphatic hydroxyl groups excluding tert-OH is 1. The maximum absolute atomic E-state index is 11.3. The van der Waals surface area contributed by atoms with Crippen LogP contribution in [0.3, 0.4) is 0 Å². The molecule has 0 aromatic heterocycles. The van der Waals surface area contributed by atoms with Gasteiger partial charge >= 0.3 is 0 Å². The highest BCUT2D eigenvalue weighted by molar-refractivity contribution is 5.76. The van der Waals surface area contributed by atoms with Gasteiger partial charge in [0.15, 0.2) is 0 Å². The van der Waals surface area contributed by atoms with Crippen LogP contribution >= 0.6 is 0 Å². The van der Waals surface area contributed by atoms with Crippen molar-refractivity contribution in [3.8, 4) is 0 Å².